The maximum atomic E-state index is 16.7. The minimum absolute atomic E-state index is 0.0329. The number of fused-ring (bicyclic) bond motifs is 1. The van der Waals surface area contributed by atoms with Gasteiger partial charge in [0.05, 0.1) is 39.9 Å². The molecule has 0 spiro atoms. The Hall–Kier alpha value is -4.47. The van der Waals surface area contributed by atoms with Crippen LogP contribution in [0.1, 0.15) is 31.0 Å². The van der Waals surface area contributed by atoms with Gasteiger partial charge < -0.3 is 25.8 Å². The summed E-state index contributed by atoms with van der Waals surface area (Å²) in [5.74, 6) is -0.581. The molecule has 0 saturated heterocycles. The minimum atomic E-state index is -0.816. The van der Waals surface area contributed by atoms with Crippen LogP contribution in [0, 0.1) is 23.0 Å². The number of hydrogen-bond acceptors (Lipinski definition) is 10. The van der Waals surface area contributed by atoms with Crippen molar-refractivity contribution < 1.29 is 18.3 Å². The molecule has 1 unspecified atom stereocenters. The highest BCUT2D eigenvalue weighted by Gasteiger charge is 2.36. The van der Waals surface area contributed by atoms with Crippen LogP contribution in [-0.4, -0.2) is 34.7 Å². The Bertz CT molecular complexity index is 1930. The number of nitrogens with zero attached hydrogens (tertiary/aromatic N) is 5. The second-order valence-corrected chi connectivity index (χ2v) is 11.0. The highest BCUT2D eigenvalue weighted by Crippen LogP contribution is 2.51. The van der Waals surface area contributed by atoms with Gasteiger partial charge in [0.25, 0.3) is 0 Å². The molecule has 0 bridgehead atoms. The lowest BCUT2D eigenvalue weighted by molar-refractivity contribution is 0.291. The van der Waals surface area contributed by atoms with Crippen LogP contribution in [0.2, 0.25) is 5.02 Å². The third kappa shape index (κ3) is 3.95. The molecule has 1 aliphatic heterocycles. The summed E-state index contributed by atoms with van der Waals surface area (Å²) < 4.78 is 43.3. The normalized spacial score (nSPS) is 15.4. The van der Waals surface area contributed by atoms with E-state index in [0.29, 0.717) is 11.6 Å². The zero-order valence-electron chi connectivity index (χ0n) is 22.0. The summed E-state index contributed by atoms with van der Waals surface area (Å²) in [5, 5.41) is 10.2. The number of benzene rings is 2. The zero-order chi connectivity index (χ0) is 29.2. The number of hydrogen-bond donors (Lipinski definition) is 2. The molecule has 3 aromatic heterocycles. The molecule has 9 nitrogen and oxygen atoms in total. The van der Waals surface area contributed by atoms with E-state index in [9.17, 15) is 9.65 Å². The van der Waals surface area contributed by atoms with E-state index in [2.05, 4.69) is 15.0 Å². The van der Waals surface area contributed by atoms with Gasteiger partial charge in [-0.2, -0.15) is 15.2 Å². The predicted molar refractivity (Wildman–Crippen MR) is 155 cm³/mol. The largest absolute Gasteiger partial charge is 0.489 e. The number of nitriles is 1. The Morgan fingerprint density at radius 1 is 1.24 bits per heavy atom. The highest BCUT2D eigenvalue weighted by molar-refractivity contribution is 7.23. The summed E-state index contributed by atoms with van der Waals surface area (Å²) in [4.78, 5) is 15.1. The fraction of sp³-hybridized carbons (Fsp3) is 0.214. The van der Waals surface area contributed by atoms with Crippen LogP contribution in [0.25, 0.3) is 32.1 Å². The number of anilines is 3. The van der Waals surface area contributed by atoms with E-state index < -0.39 is 11.6 Å². The summed E-state index contributed by atoms with van der Waals surface area (Å²) in [6, 6.07) is 7.46. The molecular formula is C28H22ClF2N7O2S. The maximum Gasteiger partial charge on any atom is 0.318 e. The zero-order valence-corrected chi connectivity index (χ0v) is 23.6. The first-order valence-electron chi connectivity index (χ1n) is 12.5. The van der Waals surface area contributed by atoms with Crippen LogP contribution in [0.4, 0.5) is 25.4 Å². The van der Waals surface area contributed by atoms with Crippen molar-refractivity contribution in [3.63, 3.8) is 0 Å². The number of ether oxygens (including phenoxy) is 2. The Morgan fingerprint density at radius 3 is 2.73 bits per heavy atom. The van der Waals surface area contributed by atoms with Crippen LogP contribution in [0.3, 0.4) is 0 Å². The lowest BCUT2D eigenvalue weighted by atomic mass is 9.96. The minimum Gasteiger partial charge on any atom is -0.489 e. The van der Waals surface area contributed by atoms with Crippen LogP contribution < -0.4 is 25.8 Å². The molecular weight excluding hydrogens is 572 g/mol. The smallest absolute Gasteiger partial charge is 0.318 e. The lowest BCUT2D eigenvalue weighted by Crippen LogP contribution is -2.39. The van der Waals surface area contributed by atoms with Crippen molar-refractivity contribution in [2.45, 2.75) is 25.9 Å². The number of nitrogens with two attached hydrogens (primary N) is 2. The van der Waals surface area contributed by atoms with Gasteiger partial charge in [0, 0.05) is 22.7 Å². The third-order valence-corrected chi connectivity index (χ3v) is 8.64. The fourth-order valence-electron chi connectivity index (χ4n) is 5.38. The Morgan fingerprint density at radius 2 is 2.02 bits per heavy atom. The van der Waals surface area contributed by atoms with Crippen LogP contribution >= 0.6 is 22.9 Å². The molecule has 4 N–H and O–H groups in total. The quantitative estimate of drug-likeness (QED) is 0.248. The Balaban J connectivity index is 1.70. The van der Waals surface area contributed by atoms with Gasteiger partial charge in [-0.15, -0.1) is 11.3 Å². The molecule has 41 heavy (non-hydrogen) atoms. The highest BCUT2D eigenvalue weighted by atomic mass is 35.5. The van der Waals surface area contributed by atoms with Crippen molar-refractivity contribution in [1.29, 1.82) is 5.26 Å². The molecule has 2 atom stereocenters. The standard InChI is InChI=1S/C28H22ClF2N7O2S/c1-11-10-40-23-19-22(36-28(39-3)37-27(19)38(11)12(2)13-5-4-8-35-25(13)33)21(31)18(20(23)29)14-6-7-16(30)24-17(14)15(9-32)26(34)41-24/h4-8,11-12H,10,34H2,1-3H3,(H2,33,35)/t11?,12-/m1/s1. The van der Waals surface area contributed by atoms with E-state index >= 15 is 4.39 Å². The van der Waals surface area contributed by atoms with E-state index in [1.54, 1.807) is 12.3 Å². The number of thiophene rings is 1. The summed E-state index contributed by atoms with van der Waals surface area (Å²) in [6.45, 7) is 4.01. The molecule has 2 aromatic carbocycles. The van der Waals surface area contributed by atoms with Gasteiger partial charge in [-0.05, 0) is 31.5 Å². The van der Waals surface area contributed by atoms with Gasteiger partial charge in [0.2, 0.25) is 0 Å². The van der Waals surface area contributed by atoms with Crippen LogP contribution in [0.15, 0.2) is 30.5 Å². The number of aromatic nitrogens is 3. The molecule has 13 heteroatoms. The molecule has 4 heterocycles. The molecule has 0 radical (unpaired) electrons. The number of pyridine rings is 1. The number of methoxy groups -OCH3 is 1. The van der Waals surface area contributed by atoms with Gasteiger partial charge in [-0.3, -0.25) is 0 Å². The van der Waals surface area contributed by atoms with Crippen molar-refractivity contribution in [1.82, 2.24) is 15.0 Å². The summed E-state index contributed by atoms with van der Waals surface area (Å²) in [5.41, 5.74) is 13.0. The summed E-state index contributed by atoms with van der Waals surface area (Å²) >= 11 is 7.84. The average Bonchev–Trinajstić information content (AvgIpc) is 3.22. The van der Waals surface area contributed by atoms with E-state index in [0.717, 1.165) is 16.9 Å². The Kier molecular flexibility index (Phi) is 6.43. The van der Waals surface area contributed by atoms with Crippen LogP contribution in [0.5, 0.6) is 11.8 Å². The fourth-order valence-corrected chi connectivity index (χ4v) is 6.67. The molecule has 6 rings (SSSR count). The molecule has 0 fully saturated rings. The van der Waals surface area contributed by atoms with Crippen LogP contribution in [-0.2, 0) is 0 Å². The molecule has 5 aromatic rings. The van der Waals surface area contributed by atoms with E-state index in [1.165, 1.54) is 19.2 Å². The summed E-state index contributed by atoms with van der Waals surface area (Å²) in [7, 11) is 1.38. The first kappa shape index (κ1) is 26.7. The predicted octanol–water partition coefficient (Wildman–Crippen LogP) is 6.23. The van der Waals surface area contributed by atoms with E-state index in [-0.39, 0.29) is 78.2 Å². The first-order chi connectivity index (χ1) is 19.7. The molecule has 0 saturated carbocycles. The topological polar surface area (TPSA) is 136 Å². The van der Waals surface area contributed by atoms with Crippen molar-refractivity contribution in [2.24, 2.45) is 0 Å². The van der Waals surface area contributed by atoms with Crippen molar-refractivity contribution in [2.75, 3.05) is 30.1 Å². The van der Waals surface area contributed by atoms with Gasteiger partial charge in [-0.25, -0.2) is 13.8 Å². The monoisotopic (exact) mass is 593 g/mol. The van der Waals surface area contributed by atoms with E-state index in [4.69, 9.17) is 32.5 Å². The van der Waals surface area contributed by atoms with Gasteiger partial charge in [0.1, 0.15) is 40.6 Å². The van der Waals surface area contributed by atoms with Crippen molar-refractivity contribution >= 4 is 60.6 Å². The molecule has 0 aliphatic carbocycles. The lowest BCUT2D eigenvalue weighted by Gasteiger charge is -2.35. The van der Waals surface area contributed by atoms with Crippen molar-refractivity contribution in [3.8, 4) is 29.0 Å². The molecule has 1 aliphatic rings. The van der Waals surface area contributed by atoms with Gasteiger partial charge >= 0.3 is 6.01 Å². The number of nitrogen functional groups attached to an aromatic ring is 2. The van der Waals surface area contributed by atoms with Crippen molar-refractivity contribution in [3.05, 3.63) is 58.2 Å². The van der Waals surface area contributed by atoms with E-state index in [1.807, 2.05) is 30.9 Å². The average molecular weight is 594 g/mol. The number of halogens is 3. The first-order valence-corrected chi connectivity index (χ1v) is 13.7. The second kappa shape index (κ2) is 9.87. The van der Waals surface area contributed by atoms with Gasteiger partial charge in [0.15, 0.2) is 11.6 Å². The SMILES string of the molecule is COc1nc2c3c(c(Cl)c(-c4ccc(F)c5sc(N)c(C#N)c45)c(F)c3n1)OCC(C)N2[C@H](C)c1cccnc1N. The third-order valence-electron chi connectivity index (χ3n) is 7.25. The Labute approximate surface area is 241 Å². The second-order valence-electron chi connectivity index (χ2n) is 9.56. The molecule has 208 valence electrons. The molecule has 0 amide bonds. The number of rotatable bonds is 4. The van der Waals surface area contributed by atoms with Gasteiger partial charge in [-0.1, -0.05) is 23.7 Å². The summed E-state index contributed by atoms with van der Waals surface area (Å²) in [6.07, 6.45) is 1.60. The maximum absolute atomic E-state index is 16.7.